The first-order valence-corrected chi connectivity index (χ1v) is 8.79. The van der Waals surface area contributed by atoms with Gasteiger partial charge in [-0.3, -0.25) is 0 Å². The molecule has 1 aromatic heterocycles. The van der Waals surface area contributed by atoms with E-state index in [0.717, 1.165) is 48.4 Å². The van der Waals surface area contributed by atoms with Gasteiger partial charge in [0.25, 0.3) is 0 Å². The number of hydrogen-bond acceptors (Lipinski definition) is 4. The zero-order valence-electron chi connectivity index (χ0n) is 14.9. The summed E-state index contributed by atoms with van der Waals surface area (Å²) in [5.74, 6) is 1.15. The summed E-state index contributed by atoms with van der Waals surface area (Å²) in [6.07, 6.45) is 5.56. The van der Waals surface area contributed by atoms with E-state index < -0.39 is 0 Å². The summed E-state index contributed by atoms with van der Waals surface area (Å²) < 4.78 is 12.7. The number of benzene rings is 1. The van der Waals surface area contributed by atoms with E-state index in [1.54, 1.807) is 11.8 Å². The fourth-order valence-corrected chi connectivity index (χ4v) is 2.91. The molecule has 25 heavy (non-hydrogen) atoms. The molecular weight excluding hydrogens is 338 g/mol. The van der Waals surface area contributed by atoms with E-state index in [9.17, 15) is 0 Å². The van der Waals surface area contributed by atoms with Gasteiger partial charge in [0.2, 0.25) is 0 Å². The number of hydrogen-bond donors (Lipinski definition) is 1. The lowest BCUT2D eigenvalue weighted by molar-refractivity contribution is 0.189. The third-order valence-corrected chi connectivity index (χ3v) is 4.35. The summed E-state index contributed by atoms with van der Waals surface area (Å²) in [5.41, 5.74) is 8.82. The minimum Gasteiger partial charge on any atom is -0.492 e. The van der Waals surface area contributed by atoms with Crippen LogP contribution in [0.3, 0.4) is 0 Å². The molecule has 1 aromatic carbocycles. The Morgan fingerprint density at radius 3 is 2.68 bits per heavy atom. The summed E-state index contributed by atoms with van der Waals surface area (Å²) >= 11 is 6.35. The number of halogens is 1. The van der Waals surface area contributed by atoms with Crippen molar-refractivity contribution in [3.05, 3.63) is 52.8 Å². The van der Waals surface area contributed by atoms with Crippen LogP contribution in [0.5, 0.6) is 5.75 Å². The molecule has 0 aliphatic rings. The summed E-state index contributed by atoms with van der Waals surface area (Å²) in [5, 5.41) is 4.90. The van der Waals surface area contributed by atoms with Gasteiger partial charge in [-0.15, -0.1) is 0 Å². The van der Waals surface area contributed by atoms with Crippen molar-refractivity contribution in [3.63, 3.8) is 0 Å². The second-order valence-corrected chi connectivity index (χ2v) is 6.37. The van der Waals surface area contributed by atoms with Crippen molar-refractivity contribution < 1.29 is 9.47 Å². The molecule has 0 bridgehead atoms. The number of aromatic nitrogens is 2. The Morgan fingerprint density at radius 2 is 2.00 bits per heavy atom. The standard InChI is InChI=1S/C19H26ClN3O2/c1-14-17(13-22-23(14)15(2)21)12-16-8-7-9-18(20)19(16)25-11-6-4-5-10-24-3/h7-9,13H,2,4-6,10-12,21H2,1,3H3. The highest BCUT2D eigenvalue weighted by Crippen LogP contribution is 2.31. The number of ether oxygens (including phenoxy) is 2. The van der Waals surface area contributed by atoms with Crippen molar-refractivity contribution in [2.75, 3.05) is 20.3 Å². The quantitative estimate of drug-likeness (QED) is 0.647. The Hall–Kier alpha value is -1.98. The maximum Gasteiger partial charge on any atom is 0.141 e. The number of methoxy groups -OCH3 is 1. The maximum absolute atomic E-state index is 6.35. The van der Waals surface area contributed by atoms with Gasteiger partial charge in [-0.1, -0.05) is 30.3 Å². The van der Waals surface area contributed by atoms with Crippen LogP contribution in [0.2, 0.25) is 5.02 Å². The summed E-state index contributed by atoms with van der Waals surface area (Å²) in [6, 6.07) is 5.81. The van der Waals surface area contributed by atoms with Gasteiger partial charge < -0.3 is 15.2 Å². The average molecular weight is 364 g/mol. The molecule has 0 aliphatic carbocycles. The number of para-hydroxylation sites is 1. The summed E-state index contributed by atoms with van der Waals surface area (Å²) in [7, 11) is 1.72. The average Bonchev–Trinajstić information content (AvgIpc) is 2.94. The first-order valence-electron chi connectivity index (χ1n) is 8.42. The Morgan fingerprint density at radius 1 is 1.24 bits per heavy atom. The largest absolute Gasteiger partial charge is 0.492 e. The van der Waals surface area contributed by atoms with E-state index in [1.807, 2.05) is 31.3 Å². The van der Waals surface area contributed by atoms with Crippen LogP contribution in [0.15, 0.2) is 31.0 Å². The van der Waals surface area contributed by atoms with Gasteiger partial charge in [-0.2, -0.15) is 5.10 Å². The third kappa shape index (κ3) is 5.25. The molecule has 2 rings (SSSR count). The van der Waals surface area contributed by atoms with Crippen molar-refractivity contribution in [1.82, 2.24) is 9.78 Å². The van der Waals surface area contributed by atoms with Crippen LogP contribution in [0.1, 0.15) is 36.1 Å². The van der Waals surface area contributed by atoms with Crippen LogP contribution in [0, 0.1) is 6.92 Å². The number of nitrogens with two attached hydrogens (primary N) is 1. The number of rotatable bonds is 10. The van der Waals surface area contributed by atoms with Crippen molar-refractivity contribution in [2.24, 2.45) is 5.73 Å². The second kappa shape index (κ2) is 9.49. The molecule has 0 fully saturated rings. The minimum atomic E-state index is 0.405. The van der Waals surface area contributed by atoms with Gasteiger partial charge in [0, 0.05) is 31.4 Å². The molecule has 2 aromatic rings. The van der Waals surface area contributed by atoms with Crippen LogP contribution in [-0.2, 0) is 11.2 Å². The Kier molecular flexibility index (Phi) is 7.34. The molecule has 0 saturated heterocycles. The van der Waals surface area contributed by atoms with E-state index in [-0.39, 0.29) is 0 Å². The Balaban J connectivity index is 2.06. The molecule has 0 aliphatic heterocycles. The molecule has 0 atom stereocenters. The van der Waals surface area contributed by atoms with E-state index in [0.29, 0.717) is 23.9 Å². The van der Waals surface area contributed by atoms with Crippen molar-refractivity contribution in [1.29, 1.82) is 0 Å². The van der Waals surface area contributed by atoms with Gasteiger partial charge in [-0.05, 0) is 37.8 Å². The smallest absolute Gasteiger partial charge is 0.141 e. The highest BCUT2D eigenvalue weighted by molar-refractivity contribution is 6.32. The predicted octanol–water partition coefficient (Wildman–Crippen LogP) is 4.02. The van der Waals surface area contributed by atoms with Gasteiger partial charge in [0.15, 0.2) is 0 Å². The lowest BCUT2D eigenvalue weighted by Gasteiger charge is -2.13. The van der Waals surface area contributed by atoms with E-state index in [4.69, 9.17) is 26.8 Å². The SMILES string of the molecule is C=C(N)n1ncc(Cc2cccc(Cl)c2OCCCCCOC)c1C. The zero-order chi connectivity index (χ0) is 18.2. The molecule has 136 valence electrons. The Bertz CT molecular complexity index is 713. The first kappa shape index (κ1) is 19.3. The fraction of sp³-hybridized carbons (Fsp3) is 0.421. The van der Waals surface area contributed by atoms with Gasteiger partial charge in [-0.25, -0.2) is 4.68 Å². The number of unbranched alkanes of at least 4 members (excludes halogenated alkanes) is 2. The molecule has 2 N–H and O–H groups in total. The van der Waals surface area contributed by atoms with E-state index in [1.165, 1.54) is 0 Å². The zero-order valence-corrected chi connectivity index (χ0v) is 15.7. The molecule has 0 amide bonds. The van der Waals surface area contributed by atoms with Crippen LogP contribution in [-0.4, -0.2) is 30.1 Å². The van der Waals surface area contributed by atoms with Crippen LogP contribution in [0.4, 0.5) is 0 Å². The molecular formula is C19H26ClN3O2. The predicted molar refractivity (Wildman–Crippen MR) is 102 cm³/mol. The molecule has 1 heterocycles. The van der Waals surface area contributed by atoms with Crippen molar-refractivity contribution in [3.8, 4) is 5.75 Å². The summed E-state index contributed by atoms with van der Waals surface area (Å²) in [4.78, 5) is 0. The van der Waals surface area contributed by atoms with Gasteiger partial charge in [0.1, 0.15) is 11.6 Å². The van der Waals surface area contributed by atoms with Gasteiger partial charge >= 0.3 is 0 Å². The molecule has 0 saturated carbocycles. The number of nitrogens with zero attached hydrogens (tertiary/aromatic N) is 2. The molecule has 0 unspecified atom stereocenters. The second-order valence-electron chi connectivity index (χ2n) is 5.97. The van der Waals surface area contributed by atoms with Gasteiger partial charge in [0.05, 0.1) is 17.8 Å². The molecule has 0 spiro atoms. The molecule has 5 nitrogen and oxygen atoms in total. The topological polar surface area (TPSA) is 62.3 Å². The van der Waals surface area contributed by atoms with Crippen LogP contribution >= 0.6 is 11.6 Å². The van der Waals surface area contributed by atoms with Crippen LogP contribution < -0.4 is 10.5 Å². The van der Waals surface area contributed by atoms with Crippen molar-refractivity contribution in [2.45, 2.75) is 32.6 Å². The lowest BCUT2D eigenvalue weighted by atomic mass is 10.0. The molecule has 6 heteroatoms. The molecule has 0 radical (unpaired) electrons. The normalized spacial score (nSPS) is 10.8. The van der Waals surface area contributed by atoms with Crippen molar-refractivity contribution >= 4 is 17.4 Å². The monoisotopic (exact) mass is 363 g/mol. The Labute approximate surface area is 154 Å². The maximum atomic E-state index is 6.35. The third-order valence-electron chi connectivity index (χ3n) is 4.05. The highest BCUT2D eigenvalue weighted by Gasteiger charge is 2.13. The van der Waals surface area contributed by atoms with E-state index in [2.05, 4.69) is 11.7 Å². The summed E-state index contributed by atoms with van der Waals surface area (Å²) in [6.45, 7) is 7.13. The highest BCUT2D eigenvalue weighted by atomic mass is 35.5. The van der Waals surface area contributed by atoms with E-state index >= 15 is 0 Å². The minimum absolute atomic E-state index is 0.405. The fourth-order valence-electron chi connectivity index (χ4n) is 2.67. The first-order chi connectivity index (χ1) is 12.0. The lowest BCUT2D eigenvalue weighted by Crippen LogP contribution is -2.08. The van der Waals surface area contributed by atoms with Crippen LogP contribution in [0.25, 0.3) is 5.82 Å².